The first-order valence-corrected chi connectivity index (χ1v) is 18.3. The van der Waals surface area contributed by atoms with Gasteiger partial charge in [0.05, 0.1) is 0 Å². The second kappa shape index (κ2) is 12.3. The SMILES string of the molecule is CC1(C)c2ccc(-c3cccc(N(c4ccccc4)c4ccc(-c5ccc6oc7ccccc7c6c5)cc4)c3)cc2-c2ccc(-c3ccccc3)cc21. The van der Waals surface area contributed by atoms with Crippen molar-refractivity contribution in [3.63, 3.8) is 0 Å². The normalized spacial score (nSPS) is 12.9. The van der Waals surface area contributed by atoms with Crippen LogP contribution < -0.4 is 4.90 Å². The molecule has 0 radical (unpaired) electrons. The van der Waals surface area contributed by atoms with Crippen molar-refractivity contribution in [2.75, 3.05) is 4.90 Å². The van der Waals surface area contributed by atoms with E-state index in [-0.39, 0.29) is 5.41 Å². The molecule has 0 bridgehead atoms. The minimum absolute atomic E-state index is 0.0792. The first-order chi connectivity index (χ1) is 26.0. The Morgan fingerprint density at radius 1 is 0.358 bits per heavy atom. The van der Waals surface area contributed by atoms with Gasteiger partial charge in [-0.3, -0.25) is 0 Å². The summed E-state index contributed by atoms with van der Waals surface area (Å²) in [5.74, 6) is 0. The van der Waals surface area contributed by atoms with E-state index in [0.717, 1.165) is 39.0 Å². The van der Waals surface area contributed by atoms with Gasteiger partial charge in [-0.2, -0.15) is 0 Å². The van der Waals surface area contributed by atoms with E-state index in [4.69, 9.17) is 4.42 Å². The number of hydrogen-bond acceptors (Lipinski definition) is 2. The van der Waals surface area contributed by atoms with Gasteiger partial charge >= 0.3 is 0 Å². The minimum atomic E-state index is -0.0792. The molecule has 53 heavy (non-hydrogen) atoms. The first-order valence-electron chi connectivity index (χ1n) is 18.3. The van der Waals surface area contributed by atoms with Crippen LogP contribution in [-0.2, 0) is 5.41 Å². The van der Waals surface area contributed by atoms with E-state index in [9.17, 15) is 0 Å². The van der Waals surface area contributed by atoms with Crippen molar-refractivity contribution in [2.45, 2.75) is 19.3 Å². The Balaban J connectivity index is 1.01. The van der Waals surface area contributed by atoms with Crippen LogP contribution in [0.5, 0.6) is 0 Å². The maximum absolute atomic E-state index is 6.09. The van der Waals surface area contributed by atoms with Crippen LogP contribution in [0, 0.1) is 0 Å². The molecule has 8 aromatic carbocycles. The highest BCUT2D eigenvalue weighted by Crippen LogP contribution is 2.51. The fourth-order valence-electron chi connectivity index (χ4n) is 8.30. The van der Waals surface area contributed by atoms with Gasteiger partial charge in [0.1, 0.15) is 11.2 Å². The summed E-state index contributed by atoms with van der Waals surface area (Å²) in [4.78, 5) is 2.34. The van der Waals surface area contributed by atoms with Gasteiger partial charge in [-0.1, -0.05) is 135 Å². The molecule has 0 aliphatic heterocycles. The summed E-state index contributed by atoms with van der Waals surface area (Å²) in [7, 11) is 0. The minimum Gasteiger partial charge on any atom is -0.456 e. The van der Waals surface area contributed by atoms with Crippen LogP contribution in [0.2, 0.25) is 0 Å². The average Bonchev–Trinajstić information content (AvgIpc) is 3.70. The van der Waals surface area contributed by atoms with Gasteiger partial charge in [-0.15, -0.1) is 0 Å². The van der Waals surface area contributed by atoms with E-state index < -0.39 is 0 Å². The van der Waals surface area contributed by atoms with Gasteiger partial charge in [0.15, 0.2) is 0 Å². The lowest BCUT2D eigenvalue weighted by Crippen LogP contribution is -2.15. The predicted octanol–water partition coefficient (Wildman–Crippen LogP) is 14.4. The van der Waals surface area contributed by atoms with E-state index in [1.165, 1.54) is 55.6 Å². The second-order valence-electron chi connectivity index (χ2n) is 14.6. The summed E-state index contributed by atoms with van der Waals surface area (Å²) in [5.41, 5.74) is 17.8. The fraction of sp³-hybridized carbons (Fsp3) is 0.0588. The van der Waals surface area contributed by atoms with Crippen molar-refractivity contribution in [2.24, 2.45) is 0 Å². The summed E-state index contributed by atoms with van der Waals surface area (Å²) in [6.45, 7) is 4.71. The van der Waals surface area contributed by atoms with Crippen molar-refractivity contribution in [1.29, 1.82) is 0 Å². The summed E-state index contributed by atoms with van der Waals surface area (Å²) < 4.78 is 6.09. The third-order valence-corrected chi connectivity index (χ3v) is 11.1. The molecule has 0 unspecified atom stereocenters. The molecule has 0 N–H and O–H groups in total. The molecule has 2 nitrogen and oxygen atoms in total. The van der Waals surface area contributed by atoms with Gasteiger partial charge in [0.2, 0.25) is 0 Å². The molecule has 9 aromatic rings. The van der Waals surface area contributed by atoms with Crippen LogP contribution in [0.1, 0.15) is 25.0 Å². The number of anilines is 3. The molecule has 1 heterocycles. The number of benzene rings is 8. The van der Waals surface area contributed by atoms with Gasteiger partial charge in [0, 0.05) is 33.2 Å². The Morgan fingerprint density at radius 3 is 1.75 bits per heavy atom. The largest absolute Gasteiger partial charge is 0.456 e. The molecular weight excluding hydrogens is 643 g/mol. The summed E-state index contributed by atoms with van der Waals surface area (Å²) in [6.07, 6.45) is 0. The Hall–Kier alpha value is -6.64. The number of nitrogens with zero attached hydrogens (tertiary/aromatic N) is 1. The molecule has 1 aromatic heterocycles. The molecule has 0 saturated carbocycles. The van der Waals surface area contributed by atoms with Crippen molar-refractivity contribution >= 4 is 39.0 Å². The Bertz CT molecular complexity index is 2790. The van der Waals surface area contributed by atoms with Crippen molar-refractivity contribution in [3.05, 3.63) is 199 Å². The number of furan rings is 1. The number of rotatable bonds is 6. The highest BCUT2D eigenvalue weighted by molar-refractivity contribution is 6.06. The zero-order valence-electron chi connectivity index (χ0n) is 29.8. The number of hydrogen-bond donors (Lipinski definition) is 0. The molecule has 10 rings (SSSR count). The van der Waals surface area contributed by atoms with Crippen LogP contribution in [0.25, 0.3) is 66.4 Å². The third kappa shape index (κ3) is 5.26. The highest BCUT2D eigenvalue weighted by atomic mass is 16.3. The smallest absolute Gasteiger partial charge is 0.135 e. The molecule has 1 aliphatic rings. The van der Waals surface area contributed by atoms with E-state index in [0.29, 0.717) is 0 Å². The van der Waals surface area contributed by atoms with Crippen LogP contribution >= 0.6 is 0 Å². The summed E-state index contributed by atoms with van der Waals surface area (Å²) in [5, 5.41) is 2.28. The number of para-hydroxylation sites is 2. The predicted molar refractivity (Wildman–Crippen MR) is 222 cm³/mol. The second-order valence-corrected chi connectivity index (χ2v) is 14.6. The van der Waals surface area contributed by atoms with Crippen molar-refractivity contribution < 1.29 is 4.42 Å². The Labute approximate surface area is 310 Å². The Kier molecular flexibility index (Phi) is 7.19. The molecule has 2 heteroatoms. The third-order valence-electron chi connectivity index (χ3n) is 11.1. The van der Waals surface area contributed by atoms with Gasteiger partial charge < -0.3 is 9.32 Å². The summed E-state index contributed by atoms with van der Waals surface area (Å²) in [6, 6.07) is 67.9. The van der Waals surface area contributed by atoms with Crippen molar-refractivity contribution in [3.8, 4) is 44.5 Å². The average molecular weight is 680 g/mol. The fourth-order valence-corrected chi connectivity index (χ4v) is 8.30. The topological polar surface area (TPSA) is 16.4 Å². The van der Waals surface area contributed by atoms with Crippen molar-refractivity contribution in [1.82, 2.24) is 0 Å². The van der Waals surface area contributed by atoms with Crippen LogP contribution in [0.3, 0.4) is 0 Å². The maximum atomic E-state index is 6.09. The van der Waals surface area contributed by atoms with Crippen LogP contribution in [-0.4, -0.2) is 0 Å². The summed E-state index contributed by atoms with van der Waals surface area (Å²) >= 11 is 0. The molecule has 0 spiro atoms. The zero-order chi connectivity index (χ0) is 35.5. The van der Waals surface area contributed by atoms with E-state index in [2.05, 4.69) is 195 Å². The quantitative estimate of drug-likeness (QED) is 0.174. The van der Waals surface area contributed by atoms with Crippen LogP contribution in [0.15, 0.2) is 192 Å². The maximum Gasteiger partial charge on any atom is 0.135 e. The van der Waals surface area contributed by atoms with E-state index in [1.54, 1.807) is 0 Å². The first kappa shape index (κ1) is 31.1. The lowest BCUT2D eigenvalue weighted by Gasteiger charge is -2.26. The van der Waals surface area contributed by atoms with E-state index in [1.807, 2.05) is 12.1 Å². The Morgan fingerprint density at radius 2 is 0.925 bits per heavy atom. The zero-order valence-corrected chi connectivity index (χ0v) is 29.8. The van der Waals surface area contributed by atoms with Gasteiger partial charge in [-0.05, 0) is 122 Å². The lowest BCUT2D eigenvalue weighted by atomic mass is 9.81. The molecule has 0 amide bonds. The van der Waals surface area contributed by atoms with Gasteiger partial charge in [-0.25, -0.2) is 0 Å². The van der Waals surface area contributed by atoms with E-state index >= 15 is 0 Å². The molecule has 0 fully saturated rings. The molecule has 0 atom stereocenters. The van der Waals surface area contributed by atoms with Gasteiger partial charge in [0.25, 0.3) is 0 Å². The standard InChI is InChI=1S/C51H37NO/c1-51(2)47-28-23-38(31-45(47)43-27-22-39(33-48(43)51)34-12-5-3-6-13-34)36-14-11-17-42(30-36)52(40-15-7-4-8-16-40)41-25-20-35(21-26-41)37-24-29-50-46(32-37)44-18-9-10-19-49(44)53-50/h3-33H,1-2H3. The molecular formula is C51H37NO. The highest BCUT2D eigenvalue weighted by Gasteiger charge is 2.35. The molecule has 0 saturated heterocycles. The monoisotopic (exact) mass is 679 g/mol. The van der Waals surface area contributed by atoms with Crippen LogP contribution in [0.4, 0.5) is 17.1 Å². The number of fused-ring (bicyclic) bond motifs is 6. The molecule has 252 valence electrons. The molecule has 1 aliphatic carbocycles. The lowest BCUT2D eigenvalue weighted by molar-refractivity contribution is 0.660.